The summed E-state index contributed by atoms with van der Waals surface area (Å²) >= 11 is 0. The van der Waals surface area contributed by atoms with Crippen LogP contribution in [0.5, 0.6) is 0 Å². The number of carbonyl (C=O) groups excluding carboxylic acids is 1. The van der Waals surface area contributed by atoms with Crippen molar-refractivity contribution in [2.24, 2.45) is 5.92 Å². The van der Waals surface area contributed by atoms with Gasteiger partial charge in [0.2, 0.25) is 11.9 Å². The lowest BCUT2D eigenvalue weighted by Crippen LogP contribution is -2.27. The SMILES string of the molecule is O=C(O)C1CC(=O)N(c2nccc(-c3ccccn3)n2)C1. The van der Waals surface area contributed by atoms with Gasteiger partial charge in [0.05, 0.1) is 17.3 Å². The molecule has 1 fully saturated rings. The van der Waals surface area contributed by atoms with Crippen molar-refractivity contribution < 1.29 is 14.7 Å². The fraction of sp³-hybridized carbons (Fsp3) is 0.214. The minimum atomic E-state index is -0.980. The summed E-state index contributed by atoms with van der Waals surface area (Å²) in [6, 6.07) is 7.14. The van der Waals surface area contributed by atoms with Crippen molar-refractivity contribution in [3.63, 3.8) is 0 Å². The van der Waals surface area contributed by atoms with E-state index in [9.17, 15) is 9.59 Å². The molecule has 3 heterocycles. The van der Waals surface area contributed by atoms with Gasteiger partial charge in [0.15, 0.2) is 0 Å². The molecule has 0 bridgehead atoms. The zero-order chi connectivity index (χ0) is 14.8. The highest BCUT2D eigenvalue weighted by atomic mass is 16.4. The molecule has 1 N–H and O–H groups in total. The topological polar surface area (TPSA) is 96.3 Å². The molecule has 1 unspecified atom stereocenters. The molecule has 7 heteroatoms. The van der Waals surface area contributed by atoms with Gasteiger partial charge in [0, 0.05) is 25.4 Å². The van der Waals surface area contributed by atoms with Crippen LogP contribution in [0.4, 0.5) is 5.95 Å². The smallest absolute Gasteiger partial charge is 0.308 e. The standard InChI is InChI=1S/C14H12N4O3/c19-12-7-9(13(20)21)8-18(12)14-16-6-4-11(17-14)10-3-1-2-5-15-10/h1-6,9H,7-8H2,(H,20,21). The zero-order valence-corrected chi connectivity index (χ0v) is 11.0. The Bertz CT molecular complexity index is 690. The van der Waals surface area contributed by atoms with Gasteiger partial charge in [-0.05, 0) is 18.2 Å². The molecule has 1 amide bonds. The van der Waals surface area contributed by atoms with Crippen molar-refractivity contribution in [3.8, 4) is 11.4 Å². The van der Waals surface area contributed by atoms with Crippen LogP contribution < -0.4 is 4.90 Å². The summed E-state index contributed by atoms with van der Waals surface area (Å²) in [5, 5.41) is 9.00. The van der Waals surface area contributed by atoms with Crippen molar-refractivity contribution in [2.45, 2.75) is 6.42 Å². The Balaban J connectivity index is 1.90. The summed E-state index contributed by atoms with van der Waals surface area (Å²) < 4.78 is 0. The number of nitrogens with zero attached hydrogens (tertiary/aromatic N) is 4. The van der Waals surface area contributed by atoms with E-state index in [1.165, 1.54) is 11.1 Å². The second kappa shape index (κ2) is 5.28. The van der Waals surface area contributed by atoms with E-state index in [2.05, 4.69) is 15.0 Å². The van der Waals surface area contributed by atoms with E-state index in [0.717, 1.165) is 0 Å². The quantitative estimate of drug-likeness (QED) is 0.902. The van der Waals surface area contributed by atoms with Crippen LogP contribution in [0, 0.1) is 5.92 Å². The fourth-order valence-electron chi connectivity index (χ4n) is 2.20. The van der Waals surface area contributed by atoms with Gasteiger partial charge in [0.1, 0.15) is 0 Å². The number of carbonyl (C=O) groups is 2. The maximum absolute atomic E-state index is 11.9. The molecule has 2 aromatic heterocycles. The molecule has 21 heavy (non-hydrogen) atoms. The number of aliphatic carboxylic acids is 1. The number of hydrogen-bond donors (Lipinski definition) is 1. The average Bonchev–Trinajstić information content (AvgIpc) is 2.91. The first kappa shape index (κ1) is 13.2. The molecular weight excluding hydrogens is 272 g/mol. The second-order valence-electron chi connectivity index (χ2n) is 4.70. The van der Waals surface area contributed by atoms with Gasteiger partial charge >= 0.3 is 5.97 Å². The molecule has 2 aromatic rings. The van der Waals surface area contributed by atoms with E-state index in [0.29, 0.717) is 11.4 Å². The highest BCUT2D eigenvalue weighted by Gasteiger charge is 2.36. The molecule has 0 radical (unpaired) electrons. The monoisotopic (exact) mass is 284 g/mol. The highest BCUT2D eigenvalue weighted by Crippen LogP contribution is 2.24. The van der Waals surface area contributed by atoms with Crippen LogP contribution in [-0.4, -0.2) is 38.5 Å². The number of hydrogen-bond acceptors (Lipinski definition) is 5. The van der Waals surface area contributed by atoms with E-state index >= 15 is 0 Å². The van der Waals surface area contributed by atoms with Crippen molar-refractivity contribution in [1.29, 1.82) is 0 Å². The number of rotatable bonds is 3. The van der Waals surface area contributed by atoms with Crippen LogP contribution in [0.25, 0.3) is 11.4 Å². The second-order valence-corrected chi connectivity index (χ2v) is 4.70. The van der Waals surface area contributed by atoms with Gasteiger partial charge < -0.3 is 5.11 Å². The lowest BCUT2D eigenvalue weighted by Gasteiger charge is -2.14. The third kappa shape index (κ3) is 2.58. The van der Waals surface area contributed by atoms with E-state index in [-0.39, 0.29) is 24.8 Å². The van der Waals surface area contributed by atoms with Crippen LogP contribution in [0.2, 0.25) is 0 Å². The van der Waals surface area contributed by atoms with Crippen molar-refractivity contribution in [2.75, 3.05) is 11.4 Å². The molecule has 3 rings (SSSR count). The molecule has 7 nitrogen and oxygen atoms in total. The summed E-state index contributed by atoms with van der Waals surface area (Å²) in [6.07, 6.45) is 3.17. The van der Waals surface area contributed by atoms with Gasteiger partial charge in [-0.15, -0.1) is 0 Å². The molecule has 0 saturated carbocycles. The van der Waals surface area contributed by atoms with E-state index in [1.807, 2.05) is 6.07 Å². The van der Waals surface area contributed by atoms with E-state index in [4.69, 9.17) is 5.11 Å². The first-order chi connectivity index (χ1) is 10.1. The first-order valence-corrected chi connectivity index (χ1v) is 6.43. The molecule has 0 aliphatic carbocycles. The molecule has 1 aliphatic heterocycles. The van der Waals surface area contributed by atoms with E-state index in [1.54, 1.807) is 24.4 Å². The fourth-order valence-corrected chi connectivity index (χ4v) is 2.20. The Morgan fingerprint density at radius 1 is 1.19 bits per heavy atom. The first-order valence-electron chi connectivity index (χ1n) is 6.43. The largest absolute Gasteiger partial charge is 0.481 e. The summed E-state index contributed by atoms with van der Waals surface area (Å²) in [6.45, 7) is 0.0971. The molecule has 0 aromatic carbocycles. The third-order valence-corrected chi connectivity index (χ3v) is 3.29. The van der Waals surface area contributed by atoms with E-state index < -0.39 is 11.9 Å². The Morgan fingerprint density at radius 2 is 2.05 bits per heavy atom. The number of anilines is 1. The summed E-state index contributed by atoms with van der Waals surface area (Å²) in [5.41, 5.74) is 1.26. The molecular formula is C14H12N4O3. The lowest BCUT2D eigenvalue weighted by atomic mass is 10.1. The number of pyridine rings is 1. The van der Waals surface area contributed by atoms with Gasteiger partial charge in [0.25, 0.3) is 0 Å². The highest BCUT2D eigenvalue weighted by molar-refractivity contribution is 5.97. The van der Waals surface area contributed by atoms with Gasteiger partial charge in [-0.25, -0.2) is 9.97 Å². The van der Waals surface area contributed by atoms with Gasteiger partial charge in [-0.3, -0.25) is 19.5 Å². The van der Waals surface area contributed by atoms with Crippen LogP contribution in [0.3, 0.4) is 0 Å². The number of carboxylic acid groups (broad SMARTS) is 1. The third-order valence-electron chi connectivity index (χ3n) is 3.29. The summed E-state index contributed by atoms with van der Waals surface area (Å²) in [7, 11) is 0. The lowest BCUT2D eigenvalue weighted by molar-refractivity contribution is -0.141. The predicted molar refractivity (Wildman–Crippen MR) is 73.4 cm³/mol. The molecule has 0 spiro atoms. The molecule has 106 valence electrons. The Labute approximate surface area is 120 Å². The van der Waals surface area contributed by atoms with Crippen LogP contribution >= 0.6 is 0 Å². The molecule has 1 saturated heterocycles. The molecule has 1 aliphatic rings. The Kier molecular flexibility index (Phi) is 3.31. The average molecular weight is 284 g/mol. The number of aromatic nitrogens is 3. The Morgan fingerprint density at radius 3 is 2.71 bits per heavy atom. The summed E-state index contributed by atoms with van der Waals surface area (Å²) in [5.74, 6) is -1.75. The number of carboxylic acids is 1. The minimum Gasteiger partial charge on any atom is -0.481 e. The van der Waals surface area contributed by atoms with Crippen LogP contribution in [0.15, 0.2) is 36.7 Å². The normalized spacial score (nSPS) is 18.0. The zero-order valence-electron chi connectivity index (χ0n) is 11.0. The summed E-state index contributed by atoms with van der Waals surface area (Å²) in [4.78, 5) is 36.8. The predicted octanol–water partition coefficient (Wildman–Crippen LogP) is 0.976. The van der Waals surface area contributed by atoms with Crippen LogP contribution in [0.1, 0.15) is 6.42 Å². The van der Waals surface area contributed by atoms with Crippen molar-refractivity contribution in [3.05, 3.63) is 36.7 Å². The maximum atomic E-state index is 11.9. The number of amides is 1. The van der Waals surface area contributed by atoms with Crippen LogP contribution in [-0.2, 0) is 9.59 Å². The minimum absolute atomic E-state index is 0.0213. The molecule has 1 atom stereocenters. The van der Waals surface area contributed by atoms with Crippen molar-refractivity contribution in [1.82, 2.24) is 15.0 Å². The maximum Gasteiger partial charge on any atom is 0.308 e. The van der Waals surface area contributed by atoms with Gasteiger partial charge in [-0.1, -0.05) is 6.07 Å². The van der Waals surface area contributed by atoms with Crippen molar-refractivity contribution >= 4 is 17.8 Å². The van der Waals surface area contributed by atoms with Gasteiger partial charge in [-0.2, -0.15) is 0 Å². The Hall–Kier alpha value is -2.83.